The molecule has 2 aromatic rings. The lowest BCUT2D eigenvalue weighted by Gasteiger charge is -2.04. The predicted octanol–water partition coefficient (Wildman–Crippen LogP) is 3.44. The maximum Gasteiger partial charge on any atom is 0.130 e. The fourth-order valence-electron chi connectivity index (χ4n) is 1.62. The van der Waals surface area contributed by atoms with Crippen LogP contribution in [0.1, 0.15) is 15.6 Å². The van der Waals surface area contributed by atoms with Crippen LogP contribution in [-0.2, 0) is 17.8 Å². The van der Waals surface area contributed by atoms with Gasteiger partial charge in [0.1, 0.15) is 16.7 Å². The maximum atomic E-state index is 9.01. The minimum absolute atomic E-state index is 0.359. The minimum Gasteiger partial charge on any atom is -0.493 e. The molecule has 4 nitrogen and oxygen atoms in total. The number of hydrogen-bond donors (Lipinski definition) is 0. The fourth-order valence-corrected chi connectivity index (χ4v) is 2.59. The monoisotopic (exact) mass is 308 g/mol. The molecule has 20 heavy (non-hydrogen) atoms. The second kappa shape index (κ2) is 7.25. The van der Waals surface area contributed by atoms with E-state index < -0.39 is 0 Å². The van der Waals surface area contributed by atoms with E-state index in [0.29, 0.717) is 35.2 Å². The molecule has 6 heteroatoms. The summed E-state index contributed by atoms with van der Waals surface area (Å²) in [6, 6.07) is 9.34. The first-order valence-corrected chi connectivity index (χ1v) is 7.18. The van der Waals surface area contributed by atoms with Crippen molar-refractivity contribution in [3.05, 3.63) is 44.9 Å². The van der Waals surface area contributed by atoms with Crippen LogP contribution < -0.4 is 4.74 Å². The molecule has 0 aliphatic rings. The van der Waals surface area contributed by atoms with Gasteiger partial charge in [-0.05, 0) is 24.3 Å². The van der Waals surface area contributed by atoms with E-state index in [1.54, 1.807) is 19.2 Å². The van der Waals surface area contributed by atoms with Crippen molar-refractivity contribution in [1.29, 1.82) is 5.26 Å². The standard InChI is InChI=1S/C14H13ClN2O2S/c1-18-9-12-13(8-16)20-14(17-12)6-7-19-11-4-2-10(15)3-5-11/h2-5H,6-7,9H2,1H3. The number of ether oxygens (including phenoxy) is 2. The van der Waals surface area contributed by atoms with E-state index >= 15 is 0 Å². The smallest absolute Gasteiger partial charge is 0.130 e. The van der Waals surface area contributed by atoms with Crippen molar-refractivity contribution in [3.63, 3.8) is 0 Å². The number of aromatic nitrogens is 1. The Hall–Kier alpha value is -1.61. The molecule has 2 rings (SSSR count). The van der Waals surface area contributed by atoms with Gasteiger partial charge in [0, 0.05) is 18.6 Å². The van der Waals surface area contributed by atoms with Crippen LogP contribution in [0.2, 0.25) is 5.02 Å². The van der Waals surface area contributed by atoms with Gasteiger partial charge < -0.3 is 9.47 Å². The lowest BCUT2D eigenvalue weighted by molar-refractivity contribution is 0.181. The topological polar surface area (TPSA) is 55.1 Å². The van der Waals surface area contributed by atoms with Crippen molar-refractivity contribution in [1.82, 2.24) is 4.98 Å². The number of hydrogen-bond acceptors (Lipinski definition) is 5. The summed E-state index contributed by atoms with van der Waals surface area (Å²) in [5, 5.41) is 10.6. The zero-order valence-corrected chi connectivity index (χ0v) is 12.5. The van der Waals surface area contributed by atoms with Gasteiger partial charge >= 0.3 is 0 Å². The number of nitrogens with zero attached hydrogens (tertiary/aromatic N) is 2. The lowest BCUT2D eigenvalue weighted by atomic mass is 10.3. The summed E-state index contributed by atoms with van der Waals surface area (Å²) >= 11 is 7.18. The molecule has 1 aromatic carbocycles. The molecule has 0 unspecified atom stereocenters. The molecular weight excluding hydrogens is 296 g/mol. The first-order chi connectivity index (χ1) is 9.72. The Bertz CT molecular complexity index is 605. The van der Waals surface area contributed by atoms with Gasteiger partial charge in [-0.15, -0.1) is 11.3 Å². The number of benzene rings is 1. The van der Waals surface area contributed by atoms with E-state index in [9.17, 15) is 0 Å². The van der Waals surface area contributed by atoms with E-state index in [-0.39, 0.29) is 0 Å². The molecule has 0 radical (unpaired) electrons. The van der Waals surface area contributed by atoms with Crippen molar-refractivity contribution in [3.8, 4) is 11.8 Å². The average molecular weight is 309 g/mol. The Kier molecular flexibility index (Phi) is 5.36. The van der Waals surface area contributed by atoms with Gasteiger partial charge in [0.05, 0.1) is 23.9 Å². The number of nitriles is 1. The molecular formula is C14H13ClN2O2S. The molecule has 1 aromatic heterocycles. The second-order valence-corrected chi connectivity index (χ2v) is 5.50. The van der Waals surface area contributed by atoms with E-state index in [4.69, 9.17) is 26.3 Å². The van der Waals surface area contributed by atoms with Gasteiger partial charge in [0.15, 0.2) is 0 Å². The Morgan fingerprint density at radius 1 is 1.35 bits per heavy atom. The predicted molar refractivity (Wildman–Crippen MR) is 78.2 cm³/mol. The highest BCUT2D eigenvalue weighted by atomic mass is 35.5. The lowest BCUT2D eigenvalue weighted by Crippen LogP contribution is -2.01. The fraction of sp³-hybridized carbons (Fsp3) is 0.286. The zero-order chi connectivity index (χ0) is 14.4. The average Bonchev–Trinajstić information content (AvgIpc) is 2.84. The van der Waals surface area contributed by atoms with E-state index in [1.807, 2.05) is 12.1 Å². The highest BCUT2D eigenvalue weighted by molar-refractivity contribution is 7.12. The largest absolute Gasteiger partial charge is 0.493 e. The number of thiazole rings is 1. The van der Waals surface area contributed by atoms with Crippen LogP contribution in [0.3, 0.4) is 0 Å². The summed E-state index contributed by atoms with van der Waals surface area (Å²) in [5.41, 5.74) is 0.696. The van der Waals surface area contributed by atoms with Gasteiger partial charge in [0.2, 0.25) is 0 Å². The summed E-state index contributed by atoms with van der Waals surface area (Å²) in [7, 11) is 1.59. The molecule has 0 fully saturated rings. The molecule has 0 saturated carbocycles. The Balaban J connectivity index is 1.91. The normalized spacial score (nSPS) is 10.2. The van der Waals surface area contributed by atoms with Crippen molar-refractivity contribution in [2.75, 3.05) is 13.7 Å². The number of halogens is 1. The van der Waals surface area contributed by atoms with Crippen LogP contribution in [0.4, 0.5) is 0 Å². The van der Waals surface area contributed by atoms with Crippen molar-refractivity contribution < 1.29 is 9.47 Å². The van der Waals surface area contributed by atoms with Crippen molar-refractivity contribution >= 4 is 22.9 Å². The van der Waals surface area contributed by atoms with Gasteiger partial charge in [-0.25, -0.2) is 4.98 Å². The van der Waals surface area contributed by atoms with E-state index in [2.05, 4.69) is 11.1 Å². The molecule has 104 valence electrons. The van der Waals surface area contributed by atoms with Crippen LogP contribution in [0.5, 0.6) is 5.75 Å². The van der Waals surface area contributed by atoms with E-state index in [1.165, 1.54) is 11.3 Å². The van der Waals surface area contributed by atoms with Crippen LogP contribution in [0, 0.1) is 11.3 Å². The second-order valence-electron chi connectivity index (χ2n) is 3.98. The van der Waals surface area contributed by atoms with Crippen molar-refractivity contribution in [2.45, 2.75) is 13.0 Å². The molecule has 0 aliphatic carbocycles. The quantitative estimate of drug-likeness (QED) is 0.820. The first kappa shape index (κ1) is 14.8. The third-order valence-electron chi connectivity index (χ3n) is 2.52. The van der Waals surface area contributed by atoms with Gasteiger partial charge in [-0.3, -0.25) is 0 Å². The number of methoxy groups -OCH3 is 1. The van der Waals surface area contributed by atoms with E-state index in [0.717, 1.165) is 10.8 Å². The molecule has 1 heterocycles. The molecule has 0 spiro atoms. The molecule has 0 saturated heterocycles. The Labute approximate surface area is 126 Å². The first-order valence-electron chi connectivity index (χ1n) is 5.99. The Morgan fingerprint density at radius 3 is 2.75 bits per heavy atom. The Morgan fingerprint density at radius 2 is 2.10 bits per heavy atom. The highest BCUT2D eigenvalue weighted by Crippen LogP contribution is 2.20. The SMILES string of the molecule is COCc1nc(CCOc2ccc(Cl)cc2)sc1C#N. The minimum atomic E-state index is 0.359. The van der Waals surface area contributed by atoms with Gasteiger partial charge in [0.25, 0.3) is 0 Å². The molecule has 0 N–H and O–H groups in total. The summed E-state index contributed by atoms with van der Waals surface area (Å²) in [4.78, 5) is 4.99. The van der Waals surface area contributed by atoms with Gasteiger partial charge in [-0.1, -0.05) is 11.6 Å². The highest BCUT2D eigenvalue weighted by Gasteiger charge is 2.10. The summed E-state index contributed by atoms with van der Waals surface area (Å²) in [6.45, 7) is 0.865. The maximum absolute atomic E-state index is 9.01. The van der Waals surface area contributed by atoms with Crippen LogP contribution in [0.25, 0.3) is 0 Å². The molecule has 0 bridgehead atoms. The zero-order valence-electron chi connectivity index (χ0n) is 10.9. The summed E-state index contributed by atoms with van der Waals surface area (Å²) in [6.07, 6.45) is 0.658. The van der Waals surface area contributed by atoms with Crippen LogP contribution in [0.15, 0.2) is 24.3 Å². The third kappa shape index (κ3) is 3.94. The third-order valence-corrected chi connectivity index (χ3v) is 3.84. The molecule has 0 aliphatic heterocycles. The number of rotatable bonds is 6. The summed E-state index contributed by atoms with van der Waals surface area (Å²) < 4.78 is 10.6. The van der Waals surface area contributed by atoms with Crippen LogP contribution >= 0.6 is 22.9 Å². The van der Waals surface area contributed by atoms with Gasteiger partial charge in [-0.2, -0.15) is 5.26 Å². The van der Waals surface area contributed by atoms with Crippen molar-refractivity contribution in [2.24, 2.45) is 0 Å². The summed E-state index contributed by atoms with van der Waals surface area (Å²) in [5.74, 6) is 0.767. The van der Waals surface area contributed by atoms with Crippen LogP contribution in [-0.4, -0.2) is 18.7 Å². The molecule has 0 amide bonds. The molecule has 0 atom stereocenters.